The summed E-state index contributed by atoms with van der Waals surface area (Å²) in [4.78, 5) is 11.4. The zero-order chi connectivity index (χ0) is 10.3. The van der Waals surface area contributed by atoms with E-state index in [0.717, 1.165) is 12.8 Å². The zero-order valence-corrected chi connectivity index (χ0v) is 8.36. The van der Waals surface area contributed by atoms with Crippen molar-refractivity contribution in [2.75, 3.05) is 0 Å². The van der Waals surface area contributed by atoms with Crippen LogP contribution in [0.15, 0.2) is 27.1 Å². The highest BCUT2D eigenvalue weighted by Gasteiger charge is 2.26. The molecule has 1 fully saturated rings. The van der Waals surface area contributed by atoms with E-state index in [0.29, 0.717) is 11.3 Å². The highest BCUT2D eigenvalue weighted by molar-refractivity contribution is 5.61. The molecular weight excluding hydrogens is 192 g/mol. The molecule has 2 aliphatic rings. The quantitative estimate of drug-likeness (QED) is 0.651. The first kappa shape index (κ1) is 8.77. The second-order valence-electron chi connectivity index (χ2n) is 4.06. The third-order valence-electron chi connectivity index (χ3n) is 3.07. The van der Waals surface area contributed by atoms with Gasteiger partial charge in [0.2, 0.25) is 0 Å². The van der Waals surface area contributed by atoms with E-state index in [2.05, 4.69) is 0 Å². The van der Waals surface area contributed by atoms with Crippen molar-refractivity contribution in [2.45, 2.75) is 31.8 Å². The Morgan fingerprint density at radius 2 is 2.27 bits per heavy atom. The Morgan fingerprint density at radius 1 is 1.33 bits per heavy atom. The molecule has 3 nitrogen and oxygen atoms in total. The fraction of sp³-hybridized carbons (Fsp3) is 0.417. The summed E-state index contributed by atoms with van der Waals surface area (Å²) in [6.45, 7) is 0. The molecule has 3 rings (SSSR count). The third-order valence-corrected chi connectivity index (χ3v) is 3.07. The van der Waals surface area contributed by atoms with Crippen LogP contribution in [0.25, 0.3) is 6.08 Å². The SMILES string of the molecule is O=c1occc2c1C=C1CCCCC1O2. The van der Waals surface area contributed by atoms with Gasteiger partial charge in [-0.1, -0.05) is 0 Å². The van der Waals surface area contributed by atoms with Crippen molar-refractivity contribution in [3.63, 3.8) is 0 Å². The van der Waals surface area contributed by atoms with E-state index in [1.54, 1.807) is 6.07 Å². The van der Waals surface area contributed by atoms with Gasteiger partial charge in [0.05, 0.1) is 6.26 Å². The minimum Gasteiger partial charge on any atom is -0.485 e. The number of rotatable bonds is 0. The van der Waals surface area contributed by atoms with Gasteiger partial charge in [-0.3, -0.25) is 0 Å². The highest BCUT2D eigenvalue weighted by atomic mass is 16.5. The number of fused-ring (bicyclic) bond motifs is 2. The Labute approximate surface area is 87.4 Å². The lowest BCUT2D eigenvalue weighted by molar-refractivity contribution is 0.197. The fourth-order valence-corrected chi connectivity index (χ4v) is 2.29. The van der Waals surface area contributed by atoms with Gasteiger partial charge < -0.3 is 9.15 Å². The maximum atomic E-state index is 11.4. The third kappa shape index (κ3) is 1.39. The molecule has 0 amide bonds. The van der Waals surface area contributed by atoms with E-state index in [1.165, 1.54) is 24.7 Å². The minimum absolute atomic E-state index is 0.188. The number of hydrogen-bond donors (Lipinski definition) is 0. The van der Waals surface area contributed by atoms with Crippen molar-refractivity contribution in [2.24, 2.45) is 0 Å². The first-order chi connectivity index (χ1) is 7.34. The van der Waals surface area contributed by atoms with Crippen LogP contribution in [0.4, 0.5) is 0 Å². The lowest BCUT2D eigenvalue weighted by Crippen LogP contribution is -2.27. The molecule has 3 heteroatoms. The van der Waals surface area contributed by atoms with E-state index in [9.17, 15) is 4.79 Å². The predicted molar refractivity (Wildman–Crippen MR) is 55.8 cm³/mol. The molecule has 0 N–H and O–H groups in total. The summed E-state index contributed by atoms with van der Waals surface area (Å²) in [6.07, 6.45) is 8.03. The van der Waals surface area contributed by atoms with Crippen molar-refractivity contribution < 1.29 is 9.15 Å². The molecule has 2 heterocycles. The van der Waals surface area contributed by atoms with Gasteiger partial charge in [0.1, 0.15) is 17.4 Å². The first-order valence-electron chi connectivity index (χ1n) is 5.33. The maximum Gasteiger partial charge on any atom is 0.346 e. The molecule has 0 bridgehead atoms. The topological polar surface area (TPSA) is 39.4 Å². The zero-order valence-electron chi connectivity index (χ0n) is 8.36. The number of hydrogen-bond acceptors (Lipinski definition) is 3. The van der Waals surface area contributed by atoms with E-state index < -0.39 is 0 Å². The normalized spacial score (nSPS) is 23.5. The summed E-state index contributed by atoms with van der Waals surface area (Å²) < 4.78 is 10.6. The molecule has 0 radical (unpaired) electrons. The Balaban J connectivity index is 2.11. The molecule has 1 unspecified atom stereocenters. The lowest BCUT2D eigenvalue weighted by Gasteiger charge is -2.29. The van der Waals surface area contributed by atoms with Gasteiger partial charge in [0, 0.05) is 6.07 Å². The Bertz CT molecular complexity index is 470. The smallest absolute Gasteiger partial charge is 0.346 e. The van der Waals surface area contributed by atoms with Crippen molar-refractivity contribution in [1.29, 1.82) is 0 Å². The summed E-state index contributed by atoms with van der Waals surface area (Å²) >= 11 is 0. The summed E-state index contributed by atoms with van der Waals surface area (Å²) in [7, 11) is 0. The van der Waals surface area contributed by atoms with Gasteiger partial charge in [-0.05, 0) is 37.3 Å². The number of ether oxygens (including phenoxy) is 1. The van der Waals surface area contributed by atoms with Gasteiger partial charge >= 0.3 is 5.63 Å². The summed E-state index contributed by atoms with van der Waals surface area (Å²) in [5.74, 6) is 0.668. The molecule has 1 aliphatic heterocycles. The largest absolute Gasteiger partial charge is 0.485 e. The highest BCUT2D eigenvalue weighted by Crippen LogP contribution is 2.34. The van der Waals surface area contributed by atoms with Gasteiger partial charge in [0.25, 0.3) is 0 Å². The van der Waals surface area contributed by atoms with Crippen LogP contribution in [0.3, 0.4) is 0 Å². The van der Waals surface area contributed by atoms with Crippen LogP contribution in [0.2, 0.25) is 0 Å². The molecular formula is C12H12O3. The molecule has 1 atom stereocenters. The van der Waals surface area contributed by atoms with E-state index in [1.807, 2.05) is 6.08 Å². The summed E-state index contributed by atoms with van der Waals surface area (Å²) in [5.41, 5.74) is 1.52. The average Bonchev–Trinajstić information content (AvgIpc) is 2.27. The molecule has 1 aromatic rings. The average molecular weight is 204 g/mol. The van der Waals surface area contributed by atoms with Crippen LogP contribution in [0.5, 0.6) is 5.75 Å². The van der Waals surface area contributed by atoms with Crippen LogP contribution in [0.1, 0.15) is 31.2 Å². The summed E-state index contributed by atoms with van der Waals surface area (Å²) in [6, 6.07) is 1.72. The van der Waals surface area contributed by atoms with Gasteiger partial charge in [0.15, 0.2) is 0 Å². The Hall–Kier alpha value is -1.51. The van der Waals surface area contributed by atoms with Crippen LogP contribution in [-0.2, 0) is 0 Å². The van der Waals surface area contributed by atoms with Crippen molar-refractivity contribution in [1.82, 2.24) is 0 Å². The van der Waals surface area contributed by atoms with E-state index in [-0.39, 0.29) is 11.7 Å². The van der Waals surface area contributed by atoms with E-state index >= 15 is 0 Å². The standard InChI is InChI=1S/C12H12O3/c13-12-9-7-8-3-1-2-4-10(8)15-11(9)5-6-14-12/h5-7,10H,1-4H2. The molecule has 1 aromatic heterocycles. The summed E-state index contributed by atoms with van der Waals surface area (Å²) in [5, 5.41) is 0. The van der Waals surface area contributed by atoms with Crippen LogP contribution < -0.4 is 10.4 Å². The molecule has 0 saturated heterocycles. The minimum atomic E-state index is -0.302. The predicted octanol–water partition coefficient (Wildman–Crippen LogP) is 2.36. The monoisotopic (exact) mass is 204 g/mol. The van der Waals surface area contributed by atoms with Crippen LogP contribution in [0, 0.1) is 0 Å². The second-order valence-corrected chi connectivity index (χ2v) is 4.06. The first-order valence-corrected chi connectivity index (χ1v) is 5.33. The van der Waals surface area contributed by atoms with Crippen LogP contribution in [-0.4, -0.2) is 6.10 Å². The van der Waals surface area contributed by atoms with Crippen molar-refractivity contribution >= 4 is 6.08 Å². The van der Waals surface area contributed by atoms with Crippen molar-refractivity contribution in [3.05, 3.63) is 33.9 Å². The van der Waals surface area contributed by atoms with Crippen molar-refractivity contribution in [3.8, 4) is 5.75 Å². The second kappa shape index (κ2) is 3.26. The van der Waals surface area contributed by atoms with Gasteiger partial charge in [-0.2, -0.15) is 0 Å². The molecule has 1 aliphatic carbocycles. The van der Waals surface area contributed by atoms with Gasteiger partial charge in [-0.25, -0.2) is 4.79 Å². The van der Waals surface area contributed by atoms with Crippen LogP contribution >= 0.6 is 0 Å². The molecule has 1 saturated carbocycles. The molecule has 0 aromatic carbocycles. The Kier molecular flexibility index (Phi) is 1.91. The molecule has 15 heavy (non-hydrogen) atoms. The maximum absolute atomic E-state index is 11.4. The van der Waals surface area contributed by atoms with Gasteiger partial charge in [-0.15, -0.1) is 0 Å². The van der Waals surface area contributed by atoms with E-state index in [4.69, 9.17) is 9.15 Å². The molecule has 78 valence electrons. The molecule has 0 spiro atoms. The lowest BCUT2D eigenvalue weighted by atomic mass is 9.89. The Morgan fingerprint density at radius 3 is 3.20 bits per heavy atom. The fourth-order valence-electron chi connectivity index (χ4n) is 2.29.